The van der Waals surface area contributed by atoms with Gasteiger partial charge in [0.15, 0.2) is 0 Å². The van der Waals surface area contributed by atoms with Gasteiger partial charge in [0.05, 0.1) is 6.10 Å². The molecule has 2 aromatic rings. The molecular formula is C26H33NO4S. The van der Waals surface area contributed by atoms with E-state index in [1.165, 1.54) is 16.9 Å². The van der Waals surface area contributed by atoms with Crippen molar-refractivity contribution in [2.45, 2.75) is 64.0 Å². The number of hydrogen-bond donors (Lipinski definition) is 2. The Morgan fingerprint density at radius 2 is 2.00 bits per heavy atom. The summed E-state index contributed by atoms with van der Waals surface area (Å²) in [6.07, 6.45) is 9.46. The van der Waals surface area contributed by atoms with Crippen molar-refractivity contribution in [3.63, 3.8) is 0 Å². The fraction of sp³-hybridized carbons (Fsp3) is 0.462. The SMILES string of the molecule is C[C@@H](CCCc1ccccc1)[C@H](O)CCC1CCC(=O)N1CC=Cc1ccc(C(=O)O)s1. The minimum absolute atomic E-state index is 0.155. The number of aliphatic hydroxyl groups is 1. The smallest absolute Gasteiger partial charge is 0.345 e. The Morgan fingerprint density at radius 3 is 2.72 bits per heavy atom. The van der Waals surface area contributed by atoms with Crippen molar-refractivity contribution in [1.29, 1.82) is 0 Å². The van der Waals surface area contributed by atoms with Gasteiger partial charge < -0.3 is 15.1 Å². The molecule has 1 fully saturated rings. The van der Waals surface area contributed by atoms with Crippen molar-refractivity contribution in [2.24, 2.45) is 5.92 Å². The normalized spacial score (nSPS) is 18.4. The number of carbonyl (C=O) groups excluding carboxylic acids is 1. The molecule has 1 amide bonds. The predicted molar refractivity (Wildman–Crippen MR) is 129 cm³/mol. The number of benzene rings is 1. The van der Waals surface area contributed by atoms with Gasteiger partial charge in [-0.3, -0.25) is 4.79 Å². The summed E-state index contributed by atoms with van der Waals surface area (Å²) in [6, 6.07) is 14.0. The van der Waals surface area contributed by atoms with Crippen LogP contribution in [0.3, 0.4) is 0 Å². The number of aliphatic hydroxyl groups excluding tert-OH is 1. The first kappa shape index (κ1) is 24.2. The number of thiophene rings is 1. The molecule has 0 aliphatic carbocycles. The van der Waals surface area contributed by atoms with Crippen molar-refractivity contribution >= 4 is 29.3 Å². The van der Waals surface area contributed by atoms with Gasteiger partial charge in [-0.05, 0) is 68.2 Å². The second-order valence-corrected chi connectivity index (χ2v) is 9.76. The zero-order chi connectivity index (χ0) is 22.9. The van der Waals surface area contributed by atoms with Crippen molar-refractivity contribution in [3.8, 4) is 0 Å². The molecule has 1 aromatic heterocycles. The largest absolute Gasteiger partial charge is 0.477 e. The molecule has 2 heterocycles. The van der Waals surface area contributed by atoms with Gasteiger partial charge in [-0.15, -0.1) is 11.3 Å². The lowest BCUT2D eigenvalue weighted by atomic mass is 9.92. The highest BCUT2D eigenvalue weighted by atomic mass is 32.1. The maximum absolute atomic E-state index is 12.3. The molecule has 1 saturated heterocycles. The number of hydrogen-bond acceptors (Lipinski definition) is 4. The molecule has 1 aliphatic heterocycles. The maximum atomic E-state index is 12.3. The summed E-state index contributed by atoms with van der Waals surface area (Å²) in [6.45, 7) is 2.63. The molecule has 3 rings (SSSR count). The van der Waals surface area contributed by atoms with Crippen LogP contribution in [-0.2, 0) is 11.2 Å². The molecule has 0 spiro atoms. The highest BCUT2D eigenvalue weighted by Crippen LogP contribution is 2.26. The molecule has 0 radical (unpaired) electrons. The summed E-state index contributed by atoms with van der Waals surface area (Å²) in [5.74, 6) is -0.522. The molecular weight excluding hydrogens is 422 g/mol. The van der Waals surface area contributed by atoms with Gasteiger partial charge in [-0.1, -0.05) is 43.3 Å². The van der Waals surface area contributed by atoms with E-state index >= 15 is 0 Å². The third-order valence-electron chi connectivity index (χ3n) is 6.29. The fourth-order valence-electron chi connectivity index (χ4n) is 4.30. The Balaban J connectivity index is 1.42. The number of aromatic carboxylic acids is 1. The zero-order valence-electron chi connectivity index (χ0n) is 18.7. The second-order valence-electron chi connectivity index (χ2n) is 8.65. The highest BCUT2D eigenvalue weighted by Gasteiger charge is 2.30. The van der Waals surface area contributed by atoms with E-state index in [2.05, 4.69) is 31.2 Å². The lowest BCUT2D eigenvalue weighted by Crippen LogP contribution is -2.34. The first-order chi connectivity index (χ1) is 15.4. The molecule has 0 saturated carbocycles. The van der Waals surface area contributed by atoms with Gasteiger partial charge in [0.1, 0.15) is 4.88 Å². The van der Waals surface area contributed by atoms with Crippen LogP contribution in [0, 0.1) is 5.92 Å². The Bertz CT molecular complexity index is 908. The number of carbonyl (C=O) groups is 2. The Labute approximate surface area is 194 Å². The summed E-state index contributed by atoms with van der Waals surface area (Å²) in [5.41, 5.74) is 1.34. The topological polar surface area (TPSA) is 77.8 Å². The summed E-state index contributed by atoms with van der Waals surface area (Å²) in [7, 11) is 0. The van der Waals surface area contributed by atoms with E-state index < -0.39 is 5.97 Å². The van der Waals surface area contributed by atoms with E-state index in [9.17, 15) is 14.7 Å². The van der Waals surface area contributed by atoms with Crippen LogP contribution in [0.2, 0.25) is 0 Å². The monoisotopic (exact) mass is 455 g/mol. The lowest BCUT2D eigenvalue weighted by Gasteiger charge is -2.26. The summed E-state index contributed by atoms with van der Waals surface area (Å²) in [5, 5.41) is 19.7. The van der Waals surface area contributed by atoms with Gasteiger partial charge >= 0.3 is 5.97 Å². The van der Waals surface area contributed by atoms with Gasteiger partial charge in [-0.25, -0.2) is 4.79 Å². The van der Waals surface area contributed by atoms with Gasteiger partial charge in [-0.2, -0.15) is 0 Å². The van der Waals surface area contributed by atoms with Crippen molar-refractivity contribution in [2.75, 3.05) is 6.54 Å². The Kier molecular flexibility index (Phi) is 9.06. The third-order valence-corrected chi connectivity index (χ3v) is 7.33. The van der Waals surface area contributed by atoms with Crippen molar-refractivity contribution in [3.05, 3.63) is 63.9 Å². The van der Waals surface area contributed by atoms with Crippen LogP contribution in [0.25, 0.3) is 6.08 Å². The third kappa shape index (κ3) is 7.04. The number of likely N-dealkylation sites (tertiary alicyclic amines) is 1. The van der Waals surface area contributed by atoms with Crippen LogP contribution in [0.15, 0.2) is 48.5 Å². The molecule has 172 valence electrons. The van der Waals surface area contributed by atoms with E-state index in [0.717, 1.165) is 37.0 Å². The quantitative estimate of drug-likeness (QED) is 0.458. The second kappa shape index (κ2) is 12.0. The van der Waals surface area contributed by atoms with E-state index in [1.807, 2.05) is 23.1 Å². The van der Waals surface area contributed by atoms with Crippen molar-refractivity contribution < 1.29 is 19.8 Å². The maximum Gasteiger partial charge on any atom is 0.345 e. The zero-order valence-corrected chi connectivity index (χ0v) is 19.5. The minimum Gasteiger partial charge on any atom is -0.477 e. The summed E-state index contributed by atoms with van der Waals surface area (Å²) >= 11 is 1.22. The summed E-state index contributed by atoms with van der Waals surface area (Å²) in [4.78, 5) is 26.4. The van der Waals surface area contributed by atoms with Crippen LogP contribution in [-0.4, -0.2) is 45.7 Å². The Hall–Kier alpha value is -2.44. The number of nitrogens with zero attached hydrogens (tertiary/aromatic N) is 1. The molecule has 3 atom stereocenters. The fourth-order valence-corrected chi connectivity index (χ4v) is 5.07. The lowest BCUT2D eigenvalue weighted by molar-refractivity contribution is -0.128. The van der Waals surface area contributed by atoms with E-state index in [-0.39, 0.29) is 24.0 Å². The standard InChI is InChI=1S/C26H33NO4S/c1-19(7-5-10-20-8-3-2-4-9-20)23(28)15-12-21-13-17-25(29)27(21)18-6-11-22-14-16-24(32-22)26(30)31/h2-4,6,8-9,11,14,16,19,21,23,28H,5,7,10,12-13,15,17-18H2,1H3,(H,30,31)/t19-,21?,23+/m0/s1. The molecule has 5 nitrogen and oxygen atoms in total. The van der Waals surface area contributed by atoms with Gasteiger partial charge in [0.25, 0.3) is 0 Å². The number of aryl methyl sites for hydroxylation is 1. The van der Waals surface area contributed by atoms with Crippen LogP contribution >= 0.6 is 11.3 Å². The van der Waals surface area contributed by atoms with Crippen LogP contribution in [0.1, 0.15) is 65.6 Å². The molecule has 1 aliphatic rings. The van der Waals surface area contributed by atoms with E-state index in [0.29, 0.717) is 24.3 Å². The average molecular weight is 456 g/mol. The molecule has 0 bridgehead atoms. The molecule has 6 heteroatoms. The summed E-state index contributed by atoms with van der Waals surface area (Å²) < 4.78 is 0. The number of carboxylic acids is 1. The molecule has 1 unspecified atom stereocenters. The number of amides is 1. The number of carboxylic acid groups (broad SMARTS) is 1. The minimum atomic E-state index is -0.919. The van der Waals surface area contributed by atoms with Gasteiger partial charge in [0.2, 0.25) is 5.91 Å². The van der Waals surface area contributed by atoms with Crippen LogP contribution in [0.4, 0.5) is 0 Å². The molecule has 2 N–H and O–H groups in total. The number of rotatable bonds is 12. The molecule has 32 heavy (non-hydrogen) atoms. The molecule has 1 aromatic carbocycles. The van der Waals surface area contributed by atoms with Crippen molar-refractivity contribution in [1.82, 2.24) is 4.90 Å². The average Bonchev–Trinajstić information content (AvgIpc) is 3.40. The Morgan fingerprint density at radius 1 is 1.22 bits per heavy atom. The van der Waals surface area contributed by atoms with Gasteiger partial charge in [0, 0.05) is 23.9 Å². The first-order valence-corrected chi connectivity index (χ1v) is 12.3. The first-order valence-electron chi connectivity index (χ1n) is 11.4. The predicted octanol–water partition coefficient (Wildman–Crippen LogP) is 5.25. The van der Waals surface area contributed by atoms with Crippen LogP contribution < -0.4 is 0 Å². The van der Waals surface area contributed by atoms with Crippen LogP contribution in [0.5, 0.6) is 0 Å². The highest BCUT2D eigenvalue weighted by molar-refractivity contribution is 7.14. The van der Waals surface area contributed by atoms with E-state index in [1.54, 1.807) is 12.1 Å². The van der Waals surface area contributed by atoms with E-state index in [4.69, 9.17) is 5.11 Å².